The first kappa shape index (κ1) is 23.0. The molecule has 0 aliphatic carbocycles. The number of likely N-dealkylation sites (tertiary alicyclic amines) is 1. The molecule has 1 amide bonds. The van der Waals surface area contributed by atoms with Gasteiger partial charge in [-0.1, -0.05) is 0 Å². The standard InChI is InChI=1S/C22H28N2O6S/c1-4-28-21(26)15-8-10-24(11-9-15)12-18(25)23-20-19(22(27)29-5-2)16(13-31-20)17-7-6-14(3)30-17/h6-7,13,15H,4-5,8-12H2,1-3H3,(H,23,25). The normalized spacial score (nSPS) is 14.9. The van der Waals surface area contributed by atoms with Gasteiger partial charge in [-0.25, -0.2) is 4.79 Å². The van der Waals surface area contributed by atoms with E-state index in [4.69, 9.17) is 13.9 Å². The lowest BCUT2D eigenvalue weighted by Crippen LogP contribution is -2.41. The van der Waals surface area contributed by atoms with Gasteiger partial charge in [0, 0.05) is 10.9 Å². The summed E-state index contributed by atoms with van der Waals surface area (Å²) in [6.45, 7) is 7.44. The zero-order valence-corrected chi connectivity index (χ0v) is 18.9. The predicted octanol–water partition coefficient (Wildman–Crippen LogP) is 3.71. The molecule has 3 heterocycles. The van der Waals surface area contributed by atoms with Crippen LogP contribution in [0.15, 0.2) is 21.9 Å². The Kier molecular flexibility index (Phi) is 7.86. The Labute approximate surface area is 185 Å². The first-order chi connectivity index (χ1) is 14.9. The summed E-state index contributed by atoms with van der Waals surface area (Å²) in [5, 5.41) is 5.07. The van der Waals surface area contributed by atoms with Gasteiger partial charge in [0.2, 0.25) is 5.91 Å². The van der Waals surface area contributed by atoms with Gasteiger partial charge in [-0.15, -0.1) is 11.3 Å². The minimum absolute atomic E-state index is 0.105. The maximum absolute atomic E-state index is 12.7. The average molecular weight is 449 g/mol. The highest BCUT2D eigenvalue weighted by molar-refractivity contribution is 7.15. The van der Waals surface area contributed by atoms with Crippen molar-refractivity contribution in [3.63, 3.8) is 0 Å². The third-order valence-electron chi connectivity index (χ3n) is 5.10. The molecule has 3 rings (SSSR count). The van der Waals surface area contributed by atoms with Crippen LogP contribution in [-0.4, -0.2) is 55.6 Å². The molecule has 0 bridgehead atoms. The second kappa shape index (κ2) is 10.6. The van der Waals surface area contributed by atoms with Crippen LogP contribution >= 0.6 is 11.3 Å². The average Bonchev–Trinajstić information content (AvgIpc) is 3.35. The molecule has 0 saturated carbocycles. The molecule has 8 nitrogen and oxygen atoms in total. The molecule has 31 heavy (non-hydrogen) atoms. The van der Waals surface area contributed by atoms with Crippen LogP contribution < -0.4 is 5.32 Å². The van der Waals surface area contributed by atoms with Gasteiger partial charge in [-0.05, 0) is 58.8 Å². The van der Waals surface area contributed by atoms with Crippen molar-refractivity contribution in [2.24, 2.45) is 5.92 Å². The number of nitrogens with one attached hydrogen (secondary N) is 1. The summed E-state index contributed by atoms with van der Waals surface area (Å²) >= 11 is 1.26. The Bertz CT molecular complexity index is 926. The summed E-state index contributed by atoms with van der Waals surface area (Å²) in [6, 6.07) is 3.61. The van der Waals surface area contributed by atoms with Crippen molar-refractivity contribution in [1.82, 2.24) is 4.90 Å². The third kappa shape index (κ3) is 5.74. The molecule has 2 aromatic rings. The highest BCUT2D eigenvalue weighted by Gasteiger charge is 2.28. The van der Waals surface area contributed by atoms with Crippen LogP contribution in [0.4, 0.5) is 5.00 Å². The molecule has 0 radical (unpaired) electrons. The quantitative estimate of drug-likeness (QED) is 0.615. The SMILES string of the molecule is CCOC(=O)c1c(-c2ccc(C)o2)csc1NC(=O)CN1CCC(C(=O)OCC)CC1. The number of nitrogens with zero attached hydrogens (tertiary/aromatic N) is 1. The fraction of sp³-hybridized carbons (Fsp3) is 0.500. The Hall–Kier alpha value is -2.65. The van der Waals surface area contributed by atoms with Crippen molar-refractivity contribution >= 4 is 34.2 Å². The molecular weight excluding hydrogens is 420 g/mol. The molecule has 0 spiro atoms. The monoisotopic (exact) mass is 448 g/mol. The number of hydrogen-bond acceptors (Lipinski definition) is 8. The molecule has 168 valence electrons. The zero-order chi connectivity index (χ0) is 22.4. The number of esters is 2. The van der Waals surface area contributed by atoms with Crippen molar-refractivity contribution < 1.29 is 28.3 Å². The first-order valence-electron chi connectivity index (χ1n) is 10.5. The van der Waals surface area contributed by atoms with Crippen molar-refractivity contribution in [3.05, 3.63) is 28.8 Å². The second-order valence-electron chi connectivity index (χ2n) is 7.33. The number of piperidine rings is 1. The van der Waals surface area contributed by atoms with E-state index >= 15 is 0 Å². The van der Waals surface area contributed by atoms with Gasteiger partial charge >= 0.3 is 11.9 Å². The summed E-state index contributed by atoms with van der Waals surface area (Å²) in [4.78, 5) is 39.1. The number of thiophene rings is 1. The van der Waals surface area contributed by atoms with Gasteiger partial charge in [0.15, 0.2) is 0 Å². The van der Waals surface area contributed by atoms with Gasteiger partial charge in [-0.3, -0.25) is 14.5 Å². The topological polar surface area (TPSA) is 98.1 Å². The fourth-order valence-electron chi connectivity index (χ4n) is 3.57. The van der Waals surface area contributed by atoms with E-state index in [0.717, 1.165) is 5.76 Å². The van der Waals surface area contributed by atoms with Crippen LogP contribution in [-0.2, 0) is 19.1 Å². The van der Waals surface area contributed by atoms with Crippen LogP contribution in [0, 0.1) is 12.8 Å². The van der Waals surface area contributed by atoms with Crippen LogP contribution in [0.3, 0.4) is 0 Å². The first-order valence-corrected chi connectivity index (χ1v) is 11.3. The number of hydrogen-bond donors (Lipinski definition) is 1. The van der Waals surface area contributed by atoms with E-state index < -0.39 is 5.97 Å². The van der Waals surface area contributed by atoms with E-state index in [1.165, 1.54) is 11.3 Å². The van der Waals surface area contributed by atoms with Crippen molar-refractivity contribution in [3.8, 4) is 11.3 Å². The zero-order valence-electron chi connectivity index (χ0n) is 18.1. The molecular formula is C22H28N2O6S. The van der Waals surface area contributed by atoms with Crippen molar-refractivity contribution in [1.29, 1.82) is 0 Å². The number of anilines is 1. The van der Waals surface area contributed by atoms with E-state index in [1.807, 2.05) is 17.9 Å². The molecule has 1 N–H and O–H groups in total. The van der Waals surface area contributed by atoms with E-state index in [9.17, 15) is 14.4 Å². The Morgan fingerprint density at radius 3 is 2.48 bits per heavy atom. The third-order valence-corrected chi connectivity index (χ3v) is 6.00. The van der Waals surface area contributed by atoms with Crippen LogP contribution in [0.25, 0.3) is 11.3 Å². The van der Waals surface area contributed by atoms with Crippen molar-refractivity contribution in [2.45, 2.75) is 33.6 Å². The predicted molar refractivity (Wildman–Crippen MR) is 117 cm³/mol. The molecule has 1 saturated heterocycles. The van der Waals surface area contributed by atoms with Crippen LogP contribution in [0.5, 0.6) is 0 Å². The van der Waals surface area contributed by atoms with E-state index in [0.29, 0.717) is 54.4 Å². The lowest BCUT2D eigenvalue weighted by molar-refractivity contribution is -0.149. The van der Waals surface area contributed by atoms with Gasteiger partial charge < -0.3 is 19.2 Å². The molecule has 1 fully saturated rings. The summed E-state index contributed by atoms with van der Waals surface area (Å²) in [7, 11) is 0. The molecule has 0 aromatic carbocycles. The molecule has 2 aromatic heterocycles. The second-order valence-corrected chi connectivity index (χ2v) is 8.21. The van der Waals surface area contributed by atoms with Gasteiger partial charge in [-0.2, -0.15) is 0 Å². The molecule has 0 unspecified atom stereocenters. The lowest BCUT2D eigenvalue weighted by atomic mass is 9.97. The lowest BCUT2D eigenvalue weighted by Gasteiger charge is -2.30. The number of ether oxygens (including phenoxy) is 2. The molecule has 9 heteroatoms. The van der Waals surface area contributed by atoms with Gasteiger partial charge in [0.05, 0.1) is 25.7 Å². The number of furan rings is 1. The van der Waals surface area contributed by atoms with Crippen LogP contribution in [0.2, 0.25) is 0 Å². The maximum Gasteiger partial charge on any atom is 0.341 e. The summed E-state index contributed by atoms with van der Waals surface area (Å²) in [6.07, 6.45) is 1.34. The molecule has 1 aliphatic rings. The number of carbonyl (C=O) groups is 3. The largest absolute Gasteiger partial charge is 0.466 e. The molecule has 1 aliphatic heterocycles. The van der Waals surface area contributed by atoms with E-state index in [2.05, 4.69) is 5.32 Å². The van der Waals surface area contributed by atoms with E-state index in [1.54, 1.807) is 25.3 Å². The Morgan fingerprint density at radius 1 is 1.16 bits per heavy atom. The van der Waals surface area contributed by atoms with E-state index in [-0.39, 0.29) is 30.9 Å². The van der Waals surface area contributed by atoms with Gasteiger partial charge in [0.1, 0.15) is 22.1 Å². The van der Waals surface area contributed by atoms with Crippen LogP contribution in [0.1, 0.15) is 42.8 Å². The van der Waals surface area contributed by atoms with Gasteiger partial charge in [0.25, 0.3) is 0 Å². The van der Waals surface area contributed by atoms with Crippen molar-refractivity contribution in [2.75, 3.05) is 38.2 Å². The Morgan fingerprint density at radius 2 is 1.87 bits per heavy atom. The summed E-state index contributed by atoms with van der Waals surface area (Å²) < 4.78 is 16.0. The minimum atomic E-state index is -0.502. The number of amides is 1. The number of carbonyl (C=O) groups excluding carboxylic acids is 3. The number of rotatable bonds is 8. The maximum atomic E-state index is 12.7. The number of aryl methyl sites for hydroxylation is 1. The summed E-state index contributed by atoms with van der Waals surface area (Å²) in [5.41, 5.74) is 0.901. The Balaban J connectivity index is 1.65. The fourth-order valence-corrected chi connectivity index (χ4v) is 4.53. The highest BCUT2D eigenvalue weighted by atomic mass is 32.1. The minimum Gasteiger partial charge on any atom is -0.466 e. The molecule has 0 atom stereocenters. The summed E-state index contributed by atoms with van der Waals surface area (Å²) in [5.74, 6) is 0.296. The smallest absolute Gasteiger partial charge is 0.341 e. The highest BCUT2D eigenvalue weighted by Crippen LogP contribution is 2.37.